The van der Waals surface area contributed by atoms with Crippen LogP contribution in [0.3, 0.4) is 0 Å². The summed E-state index contributed by atoms with van der Waals surface area (Å²) in [5.41, 5.74) is 0. The van der Waals surface area contributed by atoms with Gasteiger partial charge >= 0.3 is 11.9 Å². The maximum absolute atomic E-state index is 10.8. The van der Waals surface area contributed by atoms with E-state index in [1.54, 1.807) is 0 Å². The minimum atomic E-state index is -0.725. The molecule has 3 aliphatic carbocycles. The van der Waals surface area contributed by atoms with Gasteiger partial charge < -0.3 is 10.2 Å². The Bertz CT molecular complexity index is 292. The molecule has 0 aromatic carbocycles. The summed E-state index contributed by atoms with van der Waals surface area (Å²) in [7, 11) is 0. The molecule has 3 aliphatic rings. The summed E-state index contributed by atoms with van der Waals surface area (Å²) in [6, 6.07) is 0. The molecule has 14 heavy (non-hydrogen) atoms. The van der Waals surface area contributed by atoms with Crippen LogP contribution in [0.15, 0.2) is 0 Å². The third kappa shape index (κ3) is 0.837. The van der Waals surface area contributed by atoms with Crippen molar-refractivity contribution in [1.82, 2.24) is 0 Å². The van der Waals surface area contributed by atoms with Gasteiger partial charge in [-0.15, -0.1) is 0 Å². The van der Waals surface area contributed by atoms with Crippen molar-refractivity contribution in [2.45, 2.75) is 12.8 Å². The molecular weight excluding hydrogens is 184 g/mol. The van der Waals surface area contributed by atoms with Gasteiger partial charge in [0.25, 0.3) is 0 Å². The van der Waals surface area contributed by atoms with Crippen LogP contribution in [-0.4, -0.2) is 22.2 Å². The molecule has 2 N–H and O–H groups in total. The van der Waals surface area contributed by atoms with Gasteiger partial charge in [-0.2, -0.15) is 0 Å². The van der Waals surface area contributed by atoms with Crippen molar-refractivity contribution < 1.29 is 19.8 Å². The van der Waals surface area contributed by atoms with E-state index < -0.39 is 11.9 Å². The van der Waals surface area contributed by atoms with Crippen molar-refractivity contribution in [1.29, 1.82) is 0 Å². The molecule has 0 bridgehead atoms. The third-order valence-electron chi connectivity index (χ3n) is 4.31. The summed E-state index contributed by atoms with van der Waals surface area (Å²) in [5.74, 6) is -0.951. The van der Waals surface area contributed by atoms with Crippen LogP contribution in [-0.2, 0) is 9.59 Å². The van der Waals surface area contributed by atoms with E-state index in [0.29, 0.717) is 0 Å². The van der Waals surface area contributed by atoms with E-state index in [4.69, 9.17) is 10.2 Å². The first-order valence-corrected chi connectivity index (χ1v) is 5.08. The maximum Gasteiger partial charge on any atom is 0.307 e. The molecule has 6 atom stereocenters. The zero-order valence-corrected chi connectivity index (χ0v) is 7.59. The SMILES string of the molecule is O=C(O)[C@@H]1[C@@H]2CC[C@H]3[C@H](C(=O)O)[C@@H]3[C@@H]21. The van der Waals surface area contributed by atoms with Crippen LogP contribution >= 0.6 is 0 Å². The summed E-state index contributed by atoms with van der Waals surface area (Å²) in [6.45, 7) is 0. The zero-order valence-electron chi connectivity index (χ0n) is 7.59. The highest BCUT2D eigenvalue weighted by Crippen LogP contribution is 2.71. The van der Waals surface area contributed by atoms with Crippen LogP contribution in [0.2, 0.25) is 0 Å². The molecule has 0 spiro atoms. The topological polar surface area (TPSA) is 74.6 Å². The van der Waals surface area contributed by atoms with Gasteiger partial charge in [-0.05, 0) is 36.5 Å². The first-order valence-electron chi connectivity index (χ1n) is 5.08. The molecule has 0 amide bonds. The Labute approximate surface area is 80.9 Å². The number of carbonyl (C=O) groups is 2. The van der Waals surface area contributed by atoms with Crippen LogP contribution < -0.4 is 0 Å². The molecule has 0 aromatic rings. The predicted octanol–water partition coefficient (Wildman–Crippen LogP) is 0.674. The van der Waals surface area contributed by atoms with Crippen molar-refractivity contribution in [2.24, 2.45) is 35.5 Å². The van der Waals surface area contributed by atoms with Crippen molar-refractivity contribution >= 4 is 11.9 Å². The highest BCUT2D eigenvalue weighted by molar-refractivity contribution is 5.78. The fraction of sp³-hybridized carbons (Fsp3) is 0.800. The van der Waals surface area contributed by atoms with Crippen LogP contribution in [0.1, 0.15) is 12.8 Å². The van der Waals surface area contributed by atoms with E-state index in [-0.39, 0.29) is 35.5 Å². The van der Waals surface area contributed by atoms with Crippen molar-refractivity contribution in [3.8, 4) is 0 Å². The zero-order chi connectivity index (χ0) is 10.0. The highest BCUT2D eigenvalue weighted by atomic mass is 16.4. The molecule has 0 aliphatic heterocycles. The number of aliphatic carboxylic acids is 2. The smallest absolute Gasteiger partial charge is 0.307 e. The van der Waals surface area contributed by atoms with Gasteiger partial charge in [0.2, 0.25) is 0 Å². The second kappa shape index (κ2) is 2.30. The van der Waals surface area contributed by atoms with E-state index in [1.807, 2.05) is 0 Å². The van der Waals surface area contributed by atoms with Gasteiger partial charge in [0, 0.05) is 0 Å². The first-order chi connectivity index (χ1) is 6.63. The van der Waals surface area contributed by atoms with E-state index in [9.17, 15) is 9.59 Å². The van der Waals surface area contributed by atoms with Crippen LogP contribution in [0.25, 0.3) is 0 Å². The lowest BCUT2D eigenvalue weighted by Crippen LogP contribution is -2.04. The van der Waals surface area contributed by atoms with Gasteiger partial charge in [-0.3, -0.25) is 9.59 Å². The number of rotatable bonds is 2. The summed E-state index contributed by atoms with van der Waals surface area (Å²) in [6.07, 6.45) is 1.85. The van der Waals surface area contributed by atoms with Gasteiger partial charge in [-0.1, -0.05) is 0 Å². The van der Waals surface area contributed by atoms with Gasteiger partial charge in [-0.25, -0.2) is 0 Å². The lowest BCUT2D eigenvalue weighted by atomic mass is 10.0. The minimum absolute atomic E-state index is 0.187. The highest BCUT2D eigenvalue weighted by Gasteiger charge is 2.72. The lowest BCUT2D eigenvalue weighted by Gasteiger charge is -2.03. The Balaban J connectivity index is 1.78. The second-order valence-electron chi connectivity index (χ2n) is 4.79. The third-order valence-corrected chi connectivity index (χ3v) is 4.31. The fourth-order valence-electron chi connectivity index (χ4n) is 3.68. The van der Waals surface area contributed by atoms with E-state index in [0.717, 1.165) is 12.8 Å². The molecule has 3 rings (SSSR count). The summed E-state index contributed by atoms with van der Waals surface area (Å²) in [4.78, 5) is 21.6. The van der Waals surface area contributed by atoms with Crippen LogP contribution in [0.5, 0.6) is 0 Å². The number of carboxylic acids is 2. The van der Waals surface area contributed by atoms with Crippen molar-refractivity contribution in [3.63, 3.8) is 0 Å². The molecule has 76 valence electrons. The Morgan fingerprint density at radius 2 is 1.21 bits per heavy atom. The molecular formula is C10H12O4. The second-order valence-corrected chi connectivity index (χ2v) is 4.79. The average molecular weight is 196 g/mol. The van der Waals surface area contributed by atoms with Crippen molar-refractivity contribution in [2.75, 3.05) is 0 Å². The van der Waals surface area contributed by atoms with E-state index in [1.165, 1.54) is 0 Å². The largest absolute Gasteiger partial charge is 0.481 e. The molecule has 3 fully saturated rings. The van der Waals surface area contributed by atoms with Gasteiger partial charge in [0.1, 0.15) is 0 Å². The minimum Gasteiger partial charge on any atom is -0.481 e. The maximum atomic E-state index is 10.8. The molecule has 0 unspecified atom stereocenters. The Kier molecular flexibility index (Phi) is 1.36. The number of fused-ring (bicyclic) bond motifs is 3. The molecule has 0 saturated heterocycles. The predicted molar refractivity (Wildman–Crippen MR) is 45.4 cm³/mol. The van der Waals surface area contributed by atoms with Gasteiger partial charge in [0.05, 0.1) is 11.8 Å². The number of carboxylic acid groups (broad SMARTS) is 2. The van der Waals surface area contributed by atoms with E-state index in [2.05, 4.69) is 0 Å². The summed E-state index contributed by atoms with van der Waals surface area (Å²) in [5, 5.41) is 17.8. The normalized spacial score (nSPS) is 52.9. The molecule has 0 aromatic heterocycles. The molecule has 4 heteroatoms. The molecule has 0 radical (unpaired) electrons. The van der Waals surface area contributed by atoms with Crippen LogP contribution in [0, 0.1) is 35.5 Å². The number of hydrogen-bond acceptors (Lipinski definition) is 2. The Morgan fingerprint density at radius 3 is 1.50 bits per heavy atom. The van der Waals surface area contributed by atoms with Gasteiger partial charge in [0.15, 0.2) is 0 Å². The average Bonchev–Trinajstić information content (AvgIpc) is 2.95. The van der Waals surface area contributed by atoms with Crippen molar-refractivity contribution in [3.05, 3.63) is 0 Å². The Hall–Kier alpha value is -1.06. The Morgan fingerprint density at radius 1 is 0.857 bits per heavy atom. The molecule has 3 saturated carbocycles. The first kappa shape index (κ1) is 8.26. The fourth-order valence-corrected chi connectivity index (χ4v) is 3.68. The van der Waals surface area contributed by atoms with Crippen LogP contribution in [0.4, 0.5) is 0 Å². The quantitative estimate of drug-likeness (QED) is 0.680. The molecule has 0 heterocycles. The lowest BCUT2D eigenvalue weighted by molar-refractivity contribution is -0.141. The molecule has 4 nitrogen and oxygen atoms in total. The number of hydrogen-bond donors (Lipinski definition) is 2. The van der Waals surface area contributed by atoms with E-state index >= 15 is 0 Å². The summed E-state index contributed by atoms with van der Waals surface area (Å²) >= 11 is 0. The standard InChI is InChI=1S/C10H12O4/c11-9(12)7-3-1-2-4-6(5(3)7)8(4)10(13)14/h3-8H,1-2H2,(H,11,12)(H,13,14)/t3-,4-,5-,6+,7-,8+/m1/s1. The summed E-state index contributed by atoms with van der Waals surface area (Å²) < 4.78 is 0. The monoisotopic (exact) mass is 196 g/mol.